The first-order chi connectivity index (χ1) is 13.1. The van der Waals surface area contributed by atoms with E-state index in [0.29, 0.717) is 12.3 Å². The standard InChI is InChI=1S/C20H26FN3O2S/c1-3-22-20(24-14-15-5-10-19(26-2)18(25)13-15)23-11-4-12-27-17-8-6-16(21)7-9-17/h5-10,13,25H,3-4,11-12,14H2,1-2H3,(H2,22,23,24). The number of thioether (sulfide) groups is 1. The molecule has 0 amide bonds. The maximum Gasteiger partial charge on any atom is 0.191 e. The van der Waals surface area contributed by atoms with Crippen LogP contribution in [0.4, 0.5) is 4.39 Å². The number of guanidine groups is 1. The normalized spacial score (nSPS) is 11.3. The predicted molar refractivity (Wildman–Crippen MR) is 109 cm³/mol. The van der Waals surface area contributed by atoms with Gasteiger partial charge in [-0.15, -0.1) is 11.8 Å². The van der Waals surface area contributed by atoms with E-state index in [1.165, 1.54) is 19.2 Å². The minimum absolute atomic E-state index is 0.112. The Labute approximate surface area is 164 Å². The number of nitrogens with one attached hydrogen (secondary N) is 2. The van der Waals surface area contributed by atoms with Crippen LogP contribution in [0, 0.1) is 5.82 Å². The lowest BCUT2D eigenvalue weighted by Crippen LogP contribution is -2.37. The van der Waals surface area contributed by atoms with Crippen LogP contribution in [-0.2, 0) is 6.54 Å². The third kappa shape index (κ3) is 7.38. The number of hydrogen-bond donors (Lipinski definition) is 3. The molecular formula is C20H26FN3O2S. The highest BCUT2D eigenvalue weighted by Gasteiger charge is 2.03. The number of hydrogen-bond acceptors (Lipinski definition) is 4. The highest BCUT2D eigenvalue weighted by Crippen LogP contribution is 2.26. The van der Waals surface area contributed by atoms with Crippen LogP contribution in [-0.4, -0.2) is 37.0 Å². The molecule has 0 saturated heterocycles. The van der Waals surface area contributed by atoms with E-state index < -0.39 is 0 Å². The van der Waals surface area contributed by atoms with Crippen molar-refractivity contribution in [2.24, 2.45) is 4.99 Å². The lowest BCUT2D eigenvalue weighted by atomic mass is 10.2. The molecule has 2 aromatic carbocycles. The Morgan fingerprint density at radius 2 is 1.96 bits per heavy atom. The summed E-state index contributed by atoms with van der Waals surface area (Å²) in [5, 5.41) is 16.4. The Morgan fingerprint density at radius 1 is 1.19 bits per heavy atom. The van der Waals surface area contributed by atoms with Gasteiger partial charge in [0.25, 0.3) is 0 Å². The molecule has 0 aliphatic carbocycles. The Morgan fingerprint density at radius 3 is 2.63 bits per heavy atom. The zero-order valence-corrected chi connectivity index (χ0v) is 16.5. The zero-order chi connectivity index (χ0) is 19.5. The summed E-state index contributed by atoms with van der Waals surface area (Å²) in [6.45, 7) is 4.02. The lowest BCUT2D eigenvalue weighted by Gasteiger charge is -2.11. The summed E-state index contributed by atoms with van der Waals surface area (Å²) < 4.78 is 17.9. The van der Waals surface area contributed by atoms with Gasteiger partial charge in [0, 0.05) is 18.0 Å². The average Bonchev–Trinajstić information content (AvgIpc) is 2.67. The van der Waals surface area contributed by atoms with Crippen LogP contribution in [0.3, 0.4) is 0 Å². The highest BCUT2D eigenvalue weighted by molar-refractivity contribution is 7.99. The van der Waals surface area contributed by atoms with Crippen molar-refractivity contribution in [3.8, 4) is 11.5 Å². The summed E-state index contributed by atoms with van der Waals surface area (Å²) >= 11 is 1.70. The number of aliphatic imine (C=N–C) groups is 1. The van der Waals surface area contributed by atoms with Crippen molar-refractivity contribution >= 4 is 17.7 Å². The van der Waals surface area contributed by atoms with E-state index in [2.05, 4.69) is 15.6 Å². The lowest BCUT2D eigenvalue weighted by molar-refractivity contribution is 0.373. The average molecular weight is 392 g/mol. The number of methoxy groups -OCH3 is 1. The molecular weight excluding hydrogens is 365 g/mol. The van der Waals surface area contributed by atoms with Crippen LogP contribution in [0.25, 0.3) is 0 Å². The molecule has 0 unspecified atom stereocenters. The molecule has 0 fully saturated rings. The predicted octanol–water partition coefficient (Wildman–Crippen LogP) is 3.78. The van der Waals surface area contributed by atoms with Gasteiger partial charge >= 0.3 is 0 Å². The summed E-state index contributed by atoms with van der Waals surface area (Å²) in [7, 11) is 1.52. The molecule has 0 spiro atoms. The number of benzene rings is 2. The van der Waals surface area contributed by atoms with Crippen LogP contribution in [0.1, 0.15) is 18.9 Å². The van der Waals surface area contributed by atoms with Crippen molar-refractivity contribution in [3.63, 3.8) is 0 Å². The molecule has 2 rings (SSSR count). The fourth-order valence-electron chi connectivity index (χ4n) is 2.35. The molecule has 2 aromatic rings. The highest BCUT2D eigenvalue weighted by atomic mass is 32.2. The fourth-order valence-corrected chi connectivity index (χ4v) is 3.20. The van der Waals surface area contributed by atoms with Gasteiger partial charge in [0.2, 0.25) is 0 Å². The van der Waals surface area contributed by atoms with Gasteiger partial charge in [-0.2, -0.15) is 0 Å². The molecule has 5 nitrogen and oxygen atoms in total. The second-order valence-corrected chi connectivity index (χ2v) is 6.95. The zero-order valence-electron chi connectivity index (χ0n) is 15.7. The number of ether oxygens (including phenoxy) is 1. The molecule has 0 aromatic heterocycles. The second-order valence-electron chi connectivity index (χ2n) is 5.78. The van der Waals surface area contributed by atoms with E-state index >= 15 is 0 Å². The van der Waals surface area contributed by atoms with Gasteiger partial charge in [0.15, 0.2) is 17.5 Å². The van der Waals surface area contributed by atoms with E-state index in [4.69, 9.17) is 4.74 Å². The summed E-state index contributed by atoms with van der Waals surface area (Å²) in [4.78, 5) is 5.61. The number of phenolic OH excluding ortho intramolecular Hbond substituents is 1. The number of aromatic hydroxyl groups is 1. The van der Waals surface area contributed by atoms with Crippen LogP contribution in [0.5, 0.6) is 11.5 Å². The Kier molecular flexibility index (Phi) is 8.77. The van der Waals surface area contributed by atoms with Gasteiger partial charge in [-0.3, -0.25) is 0 Å². The second kappa shape index (κ2) is 11.3. The van der Waals surface area contributed by atoms with Crippen molar-refractivity contribution in [2.75, 3.05) is 26.0 Å². The molecule has 0 atom stereocenters. The van der Waals surface area contributed by atoms with Gasteiger partial charge in [-0.05, 0) is 61.1 Å². The van der Waals surface area contributed by atoms with Crippen molar-refractivity contribution in [1.29, 1.82) is 0 Å². The molecule has 3 N–H and O–H groups in total. The van der Waals surface area contributed by atoms with Gasteiger partial charge < -0.3 is 20.5 Å². The van der Waals surface area contributed by atoms with Crippen LogP contribution >= 0.6 is 11.8 Å². The number of nitrogens with zero attached hydrogens (tertiary/aromatic N) is 1. The molecule has 0 bridgehead atoms. The number of rotatable bonds is 9. The SMILES string of the molecule is CCNC(=NCc1ccc(OC)c(O)c1)NCCCSc1ccc(F)cc1. The van der Waals surface area contributed by atoms with Gasteiger partial charge in [-0.1, -0.05) is 6.07 Å². The molecule has 0 heterocycles. The largest absolute Gasteiger partial charge is 0.504 e. The number of phenols is 1. The van der Waals surface area contributed by atoms with Crippen molar-refractivity contribution in [1.82, 2.24) is 10.6 Å². The third-order valence-electron chi connectivity index (χ3n) is 3.70. The maximum atomic E-state index is 12.9. The Hall–Kier alpha value is -2.41. The van der Waals surface area contributed by atoms with Crippen LogP contribution in [0.2, 0.25) is 0 Å². The topological polar surface area (TPSA) is 65.9 Å². The first kappa shape index (κ1) is 20.9. The van der Waals surface area contributed by atoms with Crippen LogP contribution in [0.15, 0.2) is 52.4 Å². The van der Waals surface area contributed by atoms with E-state index in [1.54, 1.807) is 36.0 Å². The minimum Gasteiger partial charge on any atom is -0.504 e. The summed E-state index contributed by atoms with van der Waals surface area (Å²) in [6, 6.07) is 11.8. The minimum atomic E-state index is -0.210. The Balaban J connectivity index is 1.77. The molecule has 146 valence electrons. The van der Waals surface area contributed by atoms with E-state index in [-0.39, 0.29) is 11.6 Å². The third-order valence-corrected chi connectivity index (χ3v) is 4.80. The molecule has 7 heteroatoms. The summed E-state index contributed by atoms with van der Waals surface area (Å²) in [6.07, 6.45) is 0.954. The molecule has 0 radical (unpaired) electrons. The van der Waals surface area contributed by atoms with E-state index in [1.807, 2.05) is 13.0 Å². The van der Waals surface area contributed by atoms with Crippen molar-refractivity contribution < 1.29 is 14.2 Å². The molecule has 0 aliphatic rings. The van der Waals surface area contributed by atoms with Crippen LogP contribution < -0.4 is 15.4 Å². The van der Waals surface area contributed by atoms with E-state index in [0.717, 1.165) is 41.7 Å². The molecule has 0 aliphatic heterocycles. The summed E-state index contributed by atoms with van der Waals surface area (Å²) in [5.74, 6) is 2.02. The van der Waals surface area contributed by atoms with Gasteiger partial charge in [-0.25, -0.2) is 9.38 Å². The Bertz CT molecular complexity index is 739. The van der Waals surface area contributed by atoms with Crippen molar-refractivity contribution in [2.45, 2.75) is 24.8 Å². The van der Waals surface area contributed by atoms with Gasteiger partial charge in [0.1, 0.15) is 5.82 Å². The first-order valence-corrected chi connectivity index (χ1v) is 9.87. The van der Waals surface area contributed by atoms with Gasteiger partial charge in [0.05, 0.1) is 13.7 Å². The fraction of sp³-hybridized carbons (Fsp3) is 0.350. The summed E-state index contributed by atoms with van der Waals surface area (Å²) in [5.41, 5.74) is 0.900. The molecule has 27 heavy (non-hydrogen) atoms. The first-order valence-electron chi connectivity index (χ1n) is 8.88. The van der Waals surface area contributed by atoms with Crippen molar-refractivity contribution in [3.05, 3.63) is 53.8 Å². The quantitative estimate of drug-likeness (QED) is 0.263. The molecule has 0 saturated carbocycles. The smallest absolute Gasteiger partial charge is 0.191 e. The van der Waals surface area contributed by atoms with E-state index in [9.17, 15) is 9.50 Å². The number of halogens is 1. The monoisotopic (exact) mass is 391 g/mol. The maximum absolute atomic E-state index is 12.9.